The fraction of sp³-hybridized carbons (Fsp3) is 0.833. The topological polar surface area (TPSA) is 85.2 Å². The Morgan fingerprint density at radius 3 is 2.50 bits per heavy atom. The molecular formula is C6H12NO3+. The average molecular weight is 146 g/mol. The summed E-state index contributed by atoms with van der Waals surface area (Å²) < 4.78 is 0. The third-order valence-electron chi connectivity index (χ3n) is 2.16. The molecule has 0 heterocycles. The molecular weight excluding hydrogens is 134 g/mol. The van der Waals surface area contributed by atoms with Crippen LogP contribution in [-0.2, 0) is 4.79 Å². The number of aliphatic hydroxyl groups is 1. The van der Waals surface area contributed by atoms with Gasteiger partial charge in [0.1, 0.15) is 6.10 Å². The normalized spacial score (nSPS) is 40.0. The van der Waals surface area contributed by atoms with Crippen LogP contribution in [0.1, 0.15) is 19.3 Å². The van der Waals surface area contributed by atoms with Gasteiger partial charge in [-0.1, -0.05) is 0 Å². The van der Waals surface area contributed by atoms with Crippen molar-refractivity contribution in [1.29, 1.82) is 0 Å². The first kappa shape index (κ1) is 7.50. The molecule has 2 atom stereocenters. The van der Waals surface area contributed by atoms with E-state index in [2.05, 4.69) is 5.73 Å². The van der Waals surface area contributed by atoms with Crippen molar-refractivity contribution in [3.63, 3.8) is 0 Å². The highest BCUT2D eigenvalue weighted by Gasteiger charge is 2.49. The number of aliphatic carboxylic acids is 1. The number of carbonyl (C=O) groups is 1. The molecule has 1 rings (SSSR count). The van der Waals surface area contributed by atoms with Crippen molar-refractivity contribution < 1.29 is 20.7 Å². The first-order valence-corrected chi connectivity index (χ1v) is 3.34. The van der Waals surface area contributed by atoms with Crippen LogP contribution in [0.15, 0.2) is 0 Å². The second-order valence-corrected chi connectivity index (χ2v) is 2.87. The summed E-state index contributed by atoms with van der Waals surface area (Å²) in [5.41, 5.74) is 2.38. The second-order valence-electron chi connectivity index (χ2n) is 2.87. The van der Waals surface area contributed by atoms with Crippen LogP contribution in [0, 0.1) is 0 Å². The summed E-state index contributed by atoms with van der Waals surface area (Å²) in [5.74, 6) is -0.988. The Morgan fingerprint density at radius 1 is 1.70 bits per heavy atom. The van der Waals surface area contributed by atoms with Gasteiger partial charge in [0.2, 0.25) is 5.54 Å². The zero-order chi connectivity index (χ0) is 7.78. The Labute approximate surface area is 58.6 Å². The first-order chi connectivity index (χ1) is 4.57. The van der Waals surface area contributed by atoms with Gasteiger partial charge < -0.3 is 15.9 Å². The third kappa shape index (κ3) is 0.892. The maximum Gasteiger partial charge on any atom is 0.368 e. The number of carboxylic acids is 1. The van der Waals surface area contributed by atoms with E-state index in [1.807, 2.05) is 0 Å². The smallest absolute Gasteiger partial charge is 0.368 e. The Bertz CT molecular complexity index is 159. The Kier molecular flexibility index (Phi) is 1.66. The van der Waals surface area contributed by atoms with Crippen LogP contribution in [0.4, 0.5) is 0 Å². The van der Waals surface area contributed by atoms with E-state index in [1.54, 1.807) is 0 Å². The number of hydrogen-bond donors (Lipinski definition) is 3. The number of rotatable bonds is 1. The predicted octanol–water partition coefficient (Wildman–Crippen LogP) is -1.40. The number of carboxylic acid groups (broad SMARTS) is 1. The Hall–Kier alpha value is -0.610. The van der Waals surface area contributed by atoms with E-state index < -0.39 is 17.6 Å². The molecule has 58 valence electrons. The highest BCUT2D eigenvalue weighted by molar-refractivity contribution is 5.77. The molecule has 10 heavy (non-hydrogen) atoms. The summed E-state index contributed by atoms with van der Waals surface area (Å²) in [5, 5.41) is 17.8. The highest BCUT2D eigenvalue weighted by atomic mass is 16.4. The van der Waals surface area contributed by atoms with E-state index in [4.69, 9.17) is 5.11 Å². The van der Waals surface area contributed by atoms with Crippen LogP contribution in [0.25, 0.3) is 0 Å². The van der Waals surface area contributed by atoms with Gasteiger partial charge in [0.05, 0.1) is 0 Å². The molecule has 0 aliphatic heterocycles. The molecule has 0 aromatic carbocycles. The first-order valence-electron chi connectivity index (χ1n) is 3.34. The summed E-state index contributed by atoms with van der Waals surface area (Å²) >= 11 is 0. The Morgan fingerprint density at radius 2 is 2.30 bits per heavy atom. The molecule has 0 bridgehead atoms. The molecule has 4 nitrogen and oxygen atoms in total. The van der Waals surface area contributed by atoms with Gasteiger partial charge in [-0.15, -0.1) is 0 Å². The van der Waals surface area contributed by atoms with E-state index in [0.29, 0.717) is 12.8 Å². The fourth-order valence-electron chi connectivity index (χ4n) is 1.30. The fourth-order valence-corrected chi connectivity index (χ4v) is 1.30. The van der Waals surface area contributed by atoms with Gasteiger partial charge in [-0.3, -0.25) is 0 Å². The highest BCUT2D eigenvalue weighted by Crippen LogP contribution is 2.25. The lowest BCUT2D eigenvalue weighted by Gasteiger charge is -2.17. The maximum absolute atomic E-state index is 10.5. The van der Waals surface area contributed by atoms with Gasteiger partial charge >= 0.3 is 5.97 Å². The zero-order valence-corrected chi connectivity index (χ0v) is 5.71. The molecule has 1 saturated carbocycles. The SMILES string of the molecule is [NH3+][C@@]1(C(=O)O)CCC[C@@H]1O. The predicted molar refractivity (Wildman–Crippen MR) is 33.1 cm³/mol. The molecule has 1 aliphatic carbocycles. The van der Waals surface area contributed by atoms with Crippen LogP contribution < -0.4 is 5.73 Å². The number of hydrogen-bond acceptors (Lipinski definition) is 2. The number of quaternary nitrogens is 1. The van der Waals surface area contributed by atoms with Gasteiger partial charge in [0, 0.05) is 6.42 Å². The lowest BCUT2D eigenvalue weighted by molar-refractivity contribution is -0.474. The molecule has 0 aromatic heterocycles. The Balaban J connectivity index is 2.75. The van der Waals surface area contributed by atoms with Crippen molar-refractivity contribution >= 4 is 5.97 Å². The summed E-state index contributed by atoms with van der Waals surface area (Å²) in [7, 11) is 0. The van der Waals surface area contributed by atoms with Gasteiger partial charge in [0.15, 0.2) is 0 Å². The molecule has 0 radical (unpaired) electrons. The minimum atomic E-state index is -1.12. The third-order valence-corrected chi connectivity index (χ3v) is 2.16. The van der Waals surface area contributed by atoms with Gasteiger partial charge in [0.25, 0.3) is 0 Å². The maximum atomic E-state index is 10.5. The average Bonchev–Trinajstić information content (AvgIpc) is 2.15. The minimum Gasteiger partial charge on any atom is -0.477 e. The van der Waals surface area contributed by atoms with E-state index >= 15 is 0 Å². The van der Waals surface area contributed by atoms with E-state index in [9.17, 15) is 9.90 Å². The van der Waals surface area contributed by atoms with E-state index in [0.717, 1.165) is 6.42 Å². The van der Waals surface area contributed by atoms with Gasteiger partial charge in [-0.05, 0) is 12.8 Å². The van der Waals surface area contributed by atoms with E-state index in [1.165, 1.54) is 0 Å². The van der Waals surface area contributed by atoms with Gasteiger partial charge in [-0.25, -0.2) is 4.79 Å². The van der Waals surface area contributed by atoms with Crippen molar-refractivity contribution in [2.45, 2.75) is 30.9 Å². The van der Waals surface area contributed by atoms with Crippen molar-refractivity contribution in [2.24, 2.45) is 0 Å². The van der Waals surface area contributed by atoms with Crippen molar-refractivity contribution in [1.82, 2.24) is 0 Å². The molecule has 0 spiro atoms. The van der Waals surface area contributed by atoms with Crippen molar-refractivity contribution in [3.8, 4) is 0 Å². The summed E-state index contributed by atoms with van der Waals surface area (Å²) in [6, 6.07) is 0. The van der Waals surface area contributed by atoms with Crippen LogP contribution in [0.5, 0.6) is 0 Å². The molecule has 1 fully saturated rings. The van der Waals surface area contributed by atoms with Crippen molar-refractivity contribution in [3.05, 3.63) is 0 Å². The second kappa shape index (κ2) is 2.21. The summed E-state index contributed by atoms with van der Waals surface area (Å²) in [6.45, 7) is 0. The largest absolute Gasteiger partial charge is 0.477 e. The molecule has 0 amide bonds. The molecule has 0 saturated heterocycles. The van der Waals surface area contributed by atoms with Gasteiger partial charge in [-0.2, -0.15) is 0 Å². The number of aliphatic hydroxyl groups excluding tert-OH is 1. The molecule has 0 aromatic rings. The minimum absolute atomic E-state index is 0.490. The van der Waals surface area contributed by atoms with Crippen LogP contribution in [0.3, 0.4) is 0 Å². The molecule has 4 heteroatoms. The molecule has 5 N–H and O–H groups in total. The zero-order valence-electron chi connectivity index (χ0n) is 5.71. The van der Waals surface area contributed by atoms with Crippen molar-refractivity contribution in [2.75, 3.05) is 0 Å². The van der Waals surface area contributed by atoms with Crippen LogP contribution in [-0.4, -0.2) is 27.8 Å². The van der Waals surface area contributed by atoms with E-state index in [-0.39, 0.29) is 0 Å². The molecule has 1 aliphatic rings. The standard InChI is InChI=1S/C6H11NO3/c7-6(5(9)10)3-1-2-4(6)8/h4,8H,1-3,7H2,(H,9,10)/p+1/t4-,6-/m0/s1. The lowest BCUT2D eigenvalue weighted by Crippen LogP contribution is -2.80. The lowest BCUT2D eigenvalue weighted by atomic mass is 9.97. The quantitative estimate of drug-likeness (QED) is 0.425. The van der Waals surface area contributed by atoms with Crippen LogP contribution in [0.2, 0.25) is 0 Å². The summed E-state index contributed by atoms with van der Waals surface area (Å²) in [4.78, 5) is 10.5. The van der Waals surface area contributed by atoms with Crippen LogP contribution >= 0.6 is 0 Å². The molecule has 0 unspecified atom stereocenters. The monoisotopic (exact) mass is 146 g/mol. The summed E-state index contributed by atoms with van der Waals surface area (Å²) in [6.07, 6.45) is 1.06.